The second-order valence-corrected chi connectivity index (χ2v) is 8.76. The van der Waals surface area contributed by atoms with Gasteiger partial charge in [-0.25, -0.2) is 13.6 Å². The summed E-state index contributed by atoms with van der Waals surface area (Å²) in [7, 11) is -0.440. The molecule has 0 unspecified atom stereocenters. The van der Waals surface area contributed by atoms with Crippen molar-refractivity contribution in [2.24, 2.45) is 5.14 Å². The van der Waals surface area contributed by atoms with Crippen LogP contribution in [0.15, 0.2) is 47.4 Å². The Bertz CT molecular complexity index is 984. The average molecular weight is 434 g/mol. The monoisotopic (exact) mass is 433 g/mol. The molecule has 0 atom stereocenters. The van der Waals surface area contributed by atoms with E-state index in [2.05, 4.69) is 4.90 Å². The van der Waals surface area contributed by atoms with Gasteiger partial charge >= 0.3 is 0 Å². The molecule has 2 aromatic carbocycles. The lowest BCUT2D eigenvalue weighted by atomic mass is 10.1. The average Bonchev–Trinajstić information content (AvgIpc) is 2.74. The molecule has 0 aliphatic carbocycles. The third-order valence-electron chi connectivity index (χ3n) is 5.21. The van der Waals surface area contributed by atoms with E-state index in [0.29, 0.717) is 13.1 Å². The van der Waals surface area contributed by atoms with E-state index in [9.17, 15) is 13.2 Å². The van der Waals surface area contributed by atoms with Gasteiger partial charge in [0.25, 0.3) is 0 Å². The zero-order valence-electron chi connectivity index (χ0n) is 17.2. The standard InChI is InChI=1S/C21H27N3O5S/c1-28-18-5-8-20(29-2)17(14-18)15-23-9-11-24(12-10-23)21(25)13-16-3-6-19(7-4-16)30(22,26)27/h3-8,14H,9-13,15H2,1-2H3,(H2,22,26,27). The fraction of sp³-hybridized carbons (Fsp3) is 0.381. The molecule has 3 rings (SSSR count). The molecule has 30 heavy (non-hydrogen) atoms. The zero-order chi connectivity index (χ0) is 21.7. The van der Waals surface area contributed by atoms with Gasteiger partial charge in [-0.2, -0.15) is 0 Å². The second kappa shape index (κ2) is 9.46. The number of nitrogens with zero attached hydrogens (tertiary/aromatic N) is 2. The van der Waals surface area contributed by atoms with E-state index in [1.807, 2.05) is 23.1 Å². The van der Waals surface area contributed by atoms with E-state index >= 15 is 0 Å². The number of carbonyl (C=O) groups excluding carboxylic acids is 1. The topological polar surface area (TPSA) is 102 Å². The van der Waals surface area contributed by atoms with Crippen molar-refractivity contribution in [1.82, 2.24) is 9.80 Å². The largest absolute Gasteiger partial charge is 0.497 e. The van der Waals surface area contributed by atoms with E-state index in [1.165, 1.54) is 12.1 Å². The molecule has 2 N–H and O–H groups in total. The highest BCUT2D eigenvalue weighted by Gasteiger charge is 2.22. The number of nitrogens with two attached hydrogens (primary N) is 1. The molecule has 1 aliphatic heterocycles. The normalized spacial score (nSPS) is 15.1. The van der Waals surface area contributed by atoms with Gasteiger partial charge in [0, 0.05) is 38.3 Å². The highest BCUT2D eigenvalue weighted by Crippen LogP contribution is 2.25. The molecular formula is C21H27N3O5S. The Morgan fingerprint density at radius 2 is 1.67 bits per heavy atom. The number of carbonyl (C=O) groups is 1. The lowest BCUT2D eigenvalue weighted by molar-refractivity contribution is -0.132. The molecule has 0 saturated carbocycles. The minimum atomic E-state index is -3.73. The molecule has 9 heteroatoms. The number of ether oxygens (including phenoxy) is 2. The van der Waals surface area contributed by atoms with Crippen LogP contribution in [0.2, 0.25) is 0 Å². The molecule has 0 aromatic heterocycles. The van der Waals surface area contributed by atoms with Crippen molar-refractivity contribution in [2.45, 2.75) is 17.9 Å². The van der Waals surface area contributed by atoms with Gasteiger partial charge in [-0.1, -0.05) is 12.1 Å². The summed E-state index contributed by atoms with van der Waals surface area (Å²) in [6.07, 6.45) is 0.231. The summed E-state index contributed by atoms with van der Waals surface area (Å²) in [5, 5.41) is 5.11. The Labute approximate surface area is 177 Å². The van der Waals surface area contributed by atoms with Gasteiger partial charge in [0.2, 0.25) is 15.9 Å². The Kier molecular flexibility index (Phi) is 6.96. The predicted molar refractivity (Wildman–Crippen MR) is 113 cm³/mol. The van der Waals surface area contributed by atoms with Crippen LogP contribution in [-0.4, -0.2) is 64.5 Å². The molecule has 8 nitrogen and oxygen atoms in total. The molecule has 1 aliphatic rings. The van der Waals surface area contributed by atoms with Crippen LogP contribution >= 0.6 is 0 Å². The molecule has 0 radical (unpaired) electrons. The van der Waals surface area contributed by atoms with Crippen LogP contribution in [0.25, 0.3) is 0 Å². The summed E-state index contributed by atoms with van der Waals surface area (Å²) < 4.78 is 33.4. The fourth-order valence-electron chi connectivity index (χ4n) is 3.49. The summed E-state index contributed by atoms with van der Waals surface area (Å²) in [5.74, 6) is 1.63. The summed E-state index contributed by atoms with van der Waals surface area (Å²) in [6, 6.07) is 11.9. The molecule has 1 saturated heterocycles. The van der Waals surface area contributed by atoms with Crippen LogP contribution in [-0.2, 0) is 27.8 Å². The number of hydrogen-bond donors (Lipinski definition) is 1. The summed E-state index contributed by atoms with van der Waals surface area (Å²) >= 11 is 0. The maximum absolute atomic E-state index is 12.6. The number of benzene rings is 2. The van der Waals surface area contributed by atoms with Gasteiger partial charge in [0.15, 0.2) is 0 Å². The molecule has 0 bridgehead atoms. The van der Waals surface area contributed by atoms with Crippen molar-refractivity contribution in [1.29, 1.82) is 0 Å². The first-order valence-electron chi connectivity index (χ1n) is 9.63. The van der Waals surface area contributed by atoms with Gasteiger partial charge in [0.1, 0.15) is 11.5 Å². The van der Waals surface area contributed by atoms with Gasteiger partial charge in [-0.05, 0) is 35.9 Å². The van der Waals surface area contributed by atoms with Crippen molar-refractivity contribution in [2.75, 3.05) is 40.4 Å². The van der Waals surface area contributed by atoms with E-state index < -0.39 is 10.0 Å². The van der Waals surface area contributed by atoms with E-state index in [0.717, 1.165) is 42.3 Å². The number of rotatable bonds is 7. The Balaban J connectivity index is 1.54. The summed E-state index contributed by atoms with van der Waals surface area (Å²) in [5.41, 5.74) is 1.81. The van der Waals surface area contributed by atoms with Crippen molar-refractivity contribution in [3.05, 3.63) is 53.6 Å². The number of piperazine rings is 1. The Hall–Kier alpha value is -2.62. The smallest absolute Gasteiger partial charge is 0.238 e. The molecule has 2 aromatic rings. The van der Waals surface area contributed by atoms with Gasteiger partial charge in [0.05, 0.1) is 25.5 Å². The van der Waals surface area contributed by atoms with Gasteiger partial charge in [-0.3, -0.25) is 9.69 Å². The first-order chi connectivity index (χ1) is 14.3. The molecule has 0 spiro atoms. The first kappa shape index (κ1) is 22.1. The number of amides is 1. The van der Waals surface area contributed by atoms with E-state index in [4.69, 9.17) is 14.6 Å². The molecule has 1 amide bonds. The lowest BCUT2D eigenvalue weighted by Crippen LogP contribution is -2.48. The molecule has 1 fully saturated rings. The van der Waals surface area contributed by atoms with Crippen molar-refractivity contribution >= 4 is 15.9 Å². The summed E-state index contributed by atoms with van der Waals surface area (Å²) in [4.78, 5) is 16.8. The van der Waals surface area contributed by atoms with E-state index in [-0.39, 0.29) is 17.2 Å². The van der Waals surface area contributed by atoms with E-state index in [1.54, 1.807) is 26.4 Å². The van der Waals surface area contributed by atoms with Crippen LogP contribution in [0, 0.1) is 0 Å². The quantitative estimate of drug-likeness (QED) is 0.705. The SMILES string of the molecule is COc1ccc(OC)c(CN2CCN(C(=O)Cc3ccc(S(N)(=O)=O)cc3)CC2)c1. The Morgan fingerprint density at radius 3 is 2.23 bits per heavy atom. The van der Waals surface area contributed by atoms with Crippen LogP contribution in [0.1, 0.15) is 11.1 Å². The van der Waals surface area contributed by atoms with Crippen LogP contribution < -0.4 is 14.6 Å². The zero-order valence-corrected chi connectivity index (χ0v) is 18.0. The highest BCUT2D eigenvalue weighted by atomic mass is 32.2. The predicted octanol–water partition coefficient (Wildman–Crippen LogP) is 1.24. The number of sulfonamides is 1. The minimum Gasteiger partial charge on any atom is -0.497 e. The molecule has 162 valence electrons. The number of primary sulfonamides is 1. The number of methoxy groups -OCH3 is 2. The third-order valence-corrected chi connectivity index (χ3v) is 6.14. The molecule has 1 heterocycles. The van der Waals surface area contributed by atoms with Crippen molar-refractivity contribution in [3.8, 4) is 11.5 Å². The van der Waals surface area contributed by atoms with Gasteiger partial charge in [-0.15, -0.1) is 0 Å². The van der Waals surface area contributed by atoms with Crippen molar-refractivity contribution in [3.63, 3.8) is 0 Å². The van der Waals surface area contributed by atoms with Crippen LogP contribution in [0.3, 0.4) is 0 Å². The number of hydrogen-bond acceptors (Lipinski definition) is 6. The fourth-order valence-corrected chi connectivity index (χ4v) is 4.00. The van der Waals surface area contributed by atoms with Crippen molar-refractivity contribution < 1.29 is 22.7 Å². The van der Waals surface area contributed by atoms with Crippen LogP contribution in [0.5, 0.6) is 11.5 Å². The first-order valence-corrected chi connectivity index (χ1v) is 11.2. The maximum Gasteiger partial charge on any atom is 0.238 e. The van der Waals surface area contributed by atoms with Gasteiger partial charge < -0.3 is 14.4 Å². The Morgan fingerprint density at radius 1 is 1.00 bits per heavy atom. The highest BCUT2D eigenvalue weighted by molar-refractivity contribution is 7.89. The molecular weight excluding hydrogens is 406 g/mol. The third kappa shape index (κ3) is 5.50. The summed E-state index contributed by atoms with van der Waals surface area (Å²) in [6.45, 7) is 3.52. The lowest BCUT2D eigenvalue weighted by Gasteiger charge is -2.35. The second-order valence-electron chi connectivity index (χ2n) is 7.20. The minimum absolute atomic E-state index is 0.0250. The van der Waals surface area contributed by atoms with Crippen LogP contribution in [0.4, 0.5) is 0 Å². The maximum atomic E-state index is 12.6.